The molecule has 7 nitrogen and oxygen atoms in total. The third-order valence-corrected chi connectivity index (χ3v) is 10.0. The van der Waals surface area contributed by atoms with Gasteiger partial charge in [0.2, 0.25) is 5.78 Å². The van der Waals surface area contributed by atoms with Gasteiger partial charge in [-0.25, -0.2) is 0 Å². The van der Waals surface area contributed by atoms with E-state index in [-0.39, 0.29) is 47.6 Å². The van der Waals surface area contributed by atoms with Crippen molar-refractivity contribution < 1.29 is 33.8 Å². The monoisotopic (exact) mass is 502 g/mol. The third-order valence-electron chi connectivity index (χ3n) is 10.0. The molecule has 0 aromatic rings. The van der Waals surface area contributed by atoms with Gasteiger partial charge in [-0.1, -0.05) is 33.3 Å². The van der Waals surface area contributed by atoms with Crippen LogP contribution in [0.1, 0.15) is 98.3 Å². The topological polar surface area (TPSA) is 107 Å². The van der Waals surface area contributed by atoms with Crippen LogP contribution in [0, 0.1) is 28.6 Å². The van der Waals surface area contributed by atoms with E-state index in [1.807, 2.05) is 20.8 Å². The normalized spacial score (nSPS) is 39.4. The van der Waals surface area contributed by atoms with Gasteiger partial charge in [0.05, 0.1) is 6.10 Å². The van der Waals surface area contributed by atoms with Crippen molar-refractivity contribution in [1.82, 2.24) is 0 Å². The van der Waals surface area contributed by atoms with Crippen LogP contribution >= 0.6 is 0 Å². The Morgan fingerprint density at radius 2 is 1.72 bits per heavy atom. The van der Waals surface area contributed by atoms with Gasteiger partial charge in [-0.2, -0.15) is 0 Å². The molecule has 0 aromatic carbocycles. The zero-order valence-corrected chi connectivity index (χ0v) is 22.3. The first kappa shape index (κ1) is 27.0. The van der Waals surface area contributed by atoms with Crippen molar-refractivity contribution in [2.45, 2.75) is 110 Å². The molecule has 0 aliphatic heterocycles. The summed E-state index contributed by atoms with van der Waals surface area (Å²) in [5, 5.41) is 11.7. The Hall–Kier alpha value is -2.02. The highest BCUT2D eigenvalue weighted by Gasteiger charge is 2.70. The summed E-state index contributed by atoms with van der Waals surface area (Å²) >= 11 is 0. The van der Waals surface area contributed by atoms with Crippen LogP contribution in [0.4, 0.5) is 0 Å². The molecule has 0 saturated heterocycles. The molecule has 1 N–H and O–H groups in total. The lowest BCUT2D eigenvalue weighted by atomic mass is 9.45. The lowest BCUT2D eigenvalue weighted by Gasteiger charge is -2.60. The number of esters is 2. The number of rotatable bonds is 8. The Morgan fingerprint density at radius 1 is 1.03 bits per heavy atom. The standard InChI is InChI=1S/C29H42O7/c1-5-7-24(33)35-17-23(32)29(36-25(34)8-6-2)14-12-21-20-10-9-18-15-19(30)11-13-27(18,3)26(20)22(31)16-28(21,29)4/h15,20-22,26,31H,5-14,16-17H2,1-4H3/t20-,21-,22+,26+,27-,28-,29-/m0/s1. The van der Waals surface area contributed by atoms with Gasteiger partial charge in [0.15, 0.2) is 18.0 Å². The number of Topliss-reactive ketones (excluding diaryl/α,β-unsaturated/α-hetero) is 1. The average Bonchev–Trinajstić information content (AvgIpc) is 3.10. The molecule has 3 saturated carbocycles. The van der Waals surface area contributed by atoms with Crippen LogP contribution in [0.3, 0.4) is 0 Å². The number of allylic oxidation sites excluding steroid dienone is 1. The lowest BCUT2D eigenvalue weighted by molar-refractivity contribution is -0.203. The van der Waals surface area contributed by atoms with E-state index >= 15 is 0 Å². The van der Waals surface area contributed by atoms with Crippen LogP contribution in [0.5, 0.6) is 0 Å². The first-order valence-electron chi connectivity index (χ1n) is 13.8. The number of carbonyl (C=O) groups excluding carboxylic acids is 4. The molecule has 0 spiro atoms. The molecule has 200 valence electrons. The predicted octanol–water partition coefficient (Wildman–Crippen LogP) is 4.48. The fraction of sp³-hybridized carbons (Fsp3) is 0.793. The molecule has 3 fully saturated rings. The summed E-state index contributed by atoms with van der Waals surface area (Å²) in [6, 6.07) is 0. The zero-order valence-electron chi connectivity index (χ0n) is 22.3. The summed E-state index contributed by atoms with van der Waals surface area (Å²) in [4.78, 5) is 50.8. The van der Waals surface area contributed by atoms with Gasteiger partial charge < -0.3 is 14.6 Å². The maximum Gasteiger partial charge on any atom is 0.306 e. The first-order valence-corrected chi connectivity index (χ1v) is 13.8. The minimum atomic E-state index is -1.41. The van der Waals surface area contributed by atoms with Crippen molar-refractivity contribution in [2.75, 3.05) is 6.61 Å². The molecule has 4 rings (SSSR count). The quantitative estimate of drug-likeness (QED) is 0.488. The molecule has 0 bridgehead atoms. The summed E-state index contributed by atoms with van der Waals surface area (Å²) in [5.74, 6) is -0.808. The molecule has 0 heterocycles. The Labute approximate surface area is 214 Å². The minimum Gasteiger partial charge on any atom is -0.457 e. The molecule has 0 aromatic heterocycles. The molecule has 4 aliphatic carbocycles. The average molecular weight is 503 g/mol. The number of ketones is 2. The predicted molar refractivity (Wildman–Crippen MR) is 133 cm³/mol. The van der Waals surface area contributed by atoms with Gasteiger partial charge in [0.25, 0.3) is 0 Å². The van der Waals surface area contributed by atoms with Gasteiger partial charge in [0, 0.05) is 24.7 Å². The van der Waals surface area contributed by atoms with E-state index in [0.29, 0.717) is 38.5 Å². The number of hydrogen-bond donors (Lipinski definition) is 1. The highest BCUT2D eigenvalue weighted by molar-refractivity contribution is 5.93. The summed E-state index contributed by atoms with van der Waals surface area (Å²) < 4.78 is 11.4. The fourth-order valence-electron chi connectivity index (χ4n) is 8.35. The van der Waals surface area contributed by atoms with Crippen molar-refractivity contribution in [2.24, 2.45) is 28.6 Å². The molecule has 4 aliphatic rings. The van der Waals surface area contributed by atoms with E-state index < -0.39 is 35.7 Å². The SMILES string of the molecule is CCCC(=O)OCC(=O)[C@@]1(OC(=O)CCC)CC[C@H]2[C@@H]3CCC4=CC(=O)CC[C@]4(C)[C@H]3[C@H](O)C[C@@]21C. The van der Waals surface area contributed by atoms with Crippen LogP contribution in [0.25, 0.3) is 0 Å². The van der Waals surface area contributed by atoms with Crippen LogP contribution in [0.15, 0.2) is 11.6 Å². The second kappa shape index (κ2) is 10.0. The summed E-state index contributed by atoms with van der Waals surface area (Å²) in [5.41, 5.74) is -1.25. The maximum absolute atomic E-state index is 13.8. The number of carbonyl (C=O) groups is 4. The largest absolute Gasteiger partial charge is 0.457 e. The molecule has 0 amide bonds. The smallest absolute Gasteiger partial charge is 0.306 e. The molecule has 36 heavy (non-hydrogen) atoms. The summed E-state index contributed by atoms with van der Waals surface area (Å²) in [6.07, 6.45) is 7.11. The van der Waals surface area contributed by atoms with Crippen LogP contribution < -0.4 is 0 Å². The molecule has 7 heteroatoms. The second-order valence-electron chi connectivity index (χ2n) is 12.0. The van der Waals surface area contributed by atoms with Crippen molar-refractivity contribution in [3.8, 4) is 0 Å². The van der Waals surface area contributed by atoms with Crippen LogP contribution in [-0.2, 0) is 28.7 Å². The summed E-state index contributed by atoms with van der Waals surface area (Å²) in [6.45, 7) is 7.52. The lowest BCUT2D eigenvalue weighted by Crippen LogP contribution is -2.63. The Kier molecular flexibility index (Phi) is 7.53. The zero-order chi connectivity index (χ0) is 26.3. The number of aliphatic hydroxyl groups excluding tert-OH is 1. The Bertz CT molecular complexity index is 953. The van der Waals surface area contributed by atoms with Crippen molar-refractivity contribution in [1.29, 1.82) is 0 Å². The van der Waals surface area contributed by atoms with Gasteiger partial charge >= 0.3 is 11.9 Å². The first-order chi connectivity index (χ1) is 17.0. The minimum absolute atomic E-state index is 0.00306. The Balaban J connectivity index is 1.68. The van der Waals surface area contributed by atoms with Crippen LogP contribution in [-0.4, -0.2) is 46.9 Å². The number of hydrogen-bond acceptors (Lipinski definition) is 7. The highest BCUT2D eigenvalue weighted by atomic mass is 16.6. The number of aliphatic hydroxyl groups is 1. The molecule has 0 unspecified atom stereocenters. The van der Waals surface area contributed by atoms with E-state index in [4.69, 9.17) is 9.47 Å². The van der Waals surface area contributed by atoms with E-state index in [9.17, 15) is 24.3 Å². The van der Waals surface area contributed by atoms with Gasteiger partial charge in [0.1, 0.15) is 0 Å². The van der Waals surface area contributed by atoms with Gasteiger partial charge in [-0.3, -0.25) is 19.2 Å². The van der Waals surface area contributed by atoms with Gasteiger partial charge in [-0.05, 0) is 80.6 Å². The third kappa shape index (κ3) is 4.25. The van der Waals surface area contributed by atoms with Crippen LogP contribution in [0.2, 0.25) is 0 Å². The van der Waals surface area contributed by atoms with Crippen molar-refractivity contribution in [3.63, 3.8) is 0 Å². The maximum atomic E-state index is 13.8. The molecular weight excluding hydrogens is 460 g/mol. The van der Waals surface area contributed by atoms with E-state index in [2.05, 4.69) is 6.92 Å². The van der Waals surface area contributed by atoms with Crippen molar-refractivity contribution in [3.05, 3.63) is 11.6 Å². The van der Waals surface area contributed by atoms with E-state index in [0.717, 1.165) is 24.8 Å². The fourth-order valence-corrected chi connectivity index (χ4v) is 8.35. The summed E-state index contributed by atoms with van der Waals surface area (Å²) in [7, 11) is 0. The Morgan fingerprint density at radius 3 is 2.42 bits per heavy atom. The second-order valence-corrected chi connectivity index (χ2v) is 12.0. The molecule has 7 atom stereocenters. The van der Waals surface area contributed by atoms with Crippen molar-refractivity contribution >= 4 is 23.5 Å². The number of fused-ring (bicyclic) bond motifs is 5. The molecule has 0 radical (unpaired) electrons. The molecular formula is C29H42O7. The van der Waals surface area contributed by atoms with E-state index in [1.165, 1.54) is 0 Å². The van der Waals surface area contributed by atoms with E-state index in [1.54, 1.807) is 6.08 Å². The highest BCUT2D eigenvalue weighted by Crippen LogP contribution is 2.68. The van der Waals surface area contributed by atoms with Gasteiger partial charge in [-0.15, -0.1) is 0 Å². The number of ether oxygens (including phenoxy) is 2.